The van der Waals surface area contributed by atoms with Gasteiger partial charge in [-0.25, -0.2) is 0 Å². The second-order valence-corrected chi connectivity index (χ2v) is 8.08. The SMILES string of the molecule is CCCCCCCCCCCCCOC(=O)CCCC(=O)Oc1cccc(CC)c1. The van der Waals surface area contributed by atoms with Crippen LogP contribution in [0.5, 0.6) is 5.75 Å². The van der Waals surface area contributed by atoms with Crippen LogP contribution in [-0.2, 0) is 20.7 Å². The maximum absolute atomic E-state index is 11.9. The highest BCUT2D eigenvalue weighted by Crippen LogP contribution is 2.15. The Morgan fingerprint density at radius 2 is 1.33 bits per heavy atom. The molecule has 0 amide bonds. The van der Waals surface area contributed by atoms with Crippen molar-refractivity contribution in [3.05, 3.63) is 29.8 Å². The Bertz CT molecular complexity index is 582. The van der Waals surface area contributed by atoms with Crippen molar-refractivity contribution in [1.82, 2.24) is 0 Å². The highest BCUT2D eigenvalue weighted by Gasteiger charge is 2.08. The van der Waals surface area contributed by atoms with E-state index in [1.165, 1.54) is 57.8 Å². The molecule has 1 aromatic carbocycles. The molecule has 0 radical (unpaired) electrons. The largest absolute Gasteiger partial charge is 0.466 e. The first-order valence-corrected chi connectivity index (χ1v) is 12.1. The summed E-state index contributed by atoms with van der Waals surface area (Å²) in [6.45, 7) is 4.80. The summed E-state index contributed by atoms with van der Waals surface area (Å²) in [5.74, 6) is 0.0442. The summed E-state index contributed by atoms with van der Waals surface area (Å²) in [6, 6.07) is 7.54. The minimum absolute atomic E-state index is 0.220. The molecule has 0 saturated carbocycles. The number of carbonyl (C=O) groups is 2. The van der Waals surface area contributed by atoms with Gasteiger partial charge in [0, 0.05) is 12.8 Å². The topological polar surface area (TPSA) is 52.6 Å². The number of esters is 2. The highest BCUT2D eigenvalue weighted by molar-refractivity contribution is 5.74. The first-order valence-electron chi connectivity index (χ1n) is 12.1. The Kier molecular flexibility index (Phi) is 15.7. The van der Waals surface area contributed by atoms with Gasteiger partial charge in [0.25, 0.3) is 0 Å². The van der Waals surface area contributed by atoms with Crippen molar-refractivity contribution in [2.45, 2.75) is 110 Å². The summed E-state index contributed by atoms with van der Waals surface area (Å²) in [5, 5.41) is 0. The number of carbonyl (C=O) groups excluding carboxylic acids is 2. The number of benzene rings is 1. The molecular formula is C26H42O4. The monoisotopic (exact) mass is 418 g/mol. The zero-order valence-electron chi connectivity index (χ0n) is 19.3. The van der Waals surface area contributed by atoms with Gasteiger partial charge in [0.05, 0.1) is 6.61 Å². The molecule has 1 rings (SSSR count). The maximum atomic E-state index is 11.9. The van der Waals surface area contributed by atoms with Gasteiger partial charge in [-0.3, -0.25) is 9.59 Å². The minimum atomic E-state index is -0.304. The van der Waals surface area contributed by atoms with Crippen LogP contribution in [0.3, 0.4) is 0 Å². The van der Waals surface area contributed by atoms with Crippen molar-refractivity contribution in [2.75, 3.05) is 6.61 Å². The van der Waals surface area contributed by atoms with Crippen LogP contribution in [0.1, 0.15) is 109 Å². The van der Waals surface area contributed by atoms with E-state index in [1.54, 1.807) is 6.07 Å². The van der Waals surface area contributed by atoms with E-state index in [-0.39, 0.29) is 24.8 Å². The molecule has 0 saturated heterocycles. The standard InChI is InChI=1S/C26H42O4/c1-3-5-6-7-8-9-10-11-12-13-14-21-29-25(27)19-16-20-26(28)30-24-18-15-17-23(4-2)22-24/h15,17-18,22H,3-14,16,19-21H2,1-2H3. The van der Waals surface area contributed by atoms with Gasteiger partial charge >= 0.3 is 11.9 Å². The van der Waals surface area contributed by atoms with Gasteiger partial charge in [-0.2, -0.15) is 0 Å². The third-order valence-corrected chi connectivity index (χ3v) is 5.31. The molecule has 4 nitrogen and oxygen atoms in total. The Morgan fingerprint density at radius 3 is 1.97 bits per heavy atom. The van der Waals surface area contributed by atoms with Crippen LogP contribution in [-0.4, -0.2) is 18.5 Å². The summed E-state index contributed by atoms with van der Waals surface area (Å²) in [7, 11) is 0. The third kappa shape index (κ3) is 14.2. The molecule has 0 unspecified atom stereocenters. The Labute approximate surface area is 183 Å². The van der Waals surface area contributed by atoms with E-state index >= 15 is 0 Å². The van der Waals surface area contributed by atoms with Gasteiger partial charge in [-0.1, -0.05) is 90.2 Å². The van der Waals surface area contributed by atoms with Gasteiger partial charge in [-0.15, -0.1) is 0 Å². The van der Waals surface area contributed by atoms with E-state index in [0.29, 0.717) is 18.8 Å². The lowest BCUT2D eigenvalue weighted by atomic mass is 10.1. The number of rotatable bonds is 18. The Balaban J connectivity index is 1.93. The lowest BCUT2D eigenvalue weighted by Crippen LogP contribution is -2.10. The van der Waals surface area contributed by atoms with Crippen LogP contribution in [0.25, 0.3) is 0 Å². The summed E-state index contributed by atoms with van der Waals surface area (Å²) >= 11 is 0. The number of aryl methyl sites for hydroxylation is 1. The molecule has 0 heterocycles. The summed E-state index contributed by atoms with van der Waals surface area (Å²) < 4.78 is 10.6. The molecule has 0 N–H and O–H groups in total. The molecule has 170 valence electrons. The molecule has 30 heavy (non-hydrogen) atoms. The minimum Gasteiger partial charge on any atom is -0.466 e. The molecule has 0 fully saturated rings. The molecule has 0 atom stereocenters. The van der Waals surface area contributed by atoms with Crippen LogP contribution in [0, 0.1) is 0 Å². The molecule has 1 aromatic rings. The number of unbranched alkanes of at least 4 members (excludes halogenated alkanes) is 10. The van der Waals surface area contributed by atoms with E-state index in [2.05, 4.69) is 13.8 Å². The average Bonchev–Trinajstić information content (AvgIpc) is 2.74. The van der Waals surface area contributed by atoms with E-state index in [4.69, 9.17) is 9.47 Å². The first kappa shape index (κ1) is 26.2. The summed E-state index contributed by atoms with van der Waals surface area (Å²) in [5.41, 5.74) is 1.13. The number of hydrogen-bond acceptors (Lipinski definition) is 4. The van der Waals surface area contributed by atoms with Gasteiger partial charge in [-0.05, 0) is 37.0 Å². The molecule has 0 spiro atoms. The molecule has 0 aliphatic rings. The smallest absolute Gasteiger partial charge is 0.311 e. The van der Waals surface area contributed by atoms with E-state index < -0.39 is 0 Å². The molecule has 0 aliphatic carbocycles. The van der Waals surface area contributed by atoms with Crippen LogP contribution >= 0.6 is 0 Å². The van der Waals surface area contributed by atoms with Gasteiger partial charge in [0.15, 0.2) is 0 Å². The predicted octanol–water partition coefficient (Wildman–Crippen LogP) is 7.18. The normalized spacial score (nSPS) is 10.7. The van der Waals surface area contributed by atoms with Crippen LogP contribution in [0.15, 0.2) is 24.3 Å². The number of hydrogen-bond donors (Lipinski definition) is 0. The van der Waals surface area contributed by atoms with Crippen molar-refractivity contribution >= 4 is 11.9 Å². The second kappa shape index (κ2) is 18.0. The Hall–Kier alpha value is -1.84. The molecule has 0 aliphatic heterocycles. The van der Waals surface area contributed by atoms with E-state index in [1.807, 2.05) is 18.2 Å². The first-order chi connectivity index (χ1) is 14.7. The molecular weight excluding hydrogens is 376 g/mol. The zero-order valence-corrected chi connectivity index (χ0v) is 19.3. The van der Waals surface area contributed by atoms with Gasteiger partial charge in [0.1, 0.15) is 5.75 Å². The fourth-order valence-corrected chi connectivity index (χ4v) is 3.41. The Morgan fingerprint density at radius 1 is 0.733 bits per heavy atom. The summed E-state index contributed by atoms with van der Waals surface area (Å²) in [4.78, 5) is 23.7. The van der Waals surface area contributed by atoms with Crippen molar-refractivity contribution in [2.24, 2.45) is 0 Å². The lowest BCUT2D eigenvalue weighted by molar-refractivity contribution is -0.144. The third-order valence-electron chi connectivity index (χ3n) is 5.31. The van der Waals surface area contributed by atoms with Gasteiger partial charge in [0.2, 0.25) is 0 Å². The van der Waals surface area contributed by atoms with Crippen LogP contribution in [0.2, 0.25) is 0 Å². The zero-order chi connectivity index (χ0) is 21.9. The van der Waals surface area contributed by atoms with Crippen LogP contribution < -0.4 is 4.74 Å². The van der Waals surface area contributed by atoms with Crippen molar-refractivity contribution in [3.63, 3.8) is 0 Å². The molecule has 4 heteroatoms. The van der Waals surface area contributed by atoms with Gasteiger partial charge < -0.3 is 9.47 Å². The highest BCUT2D eigenvalue weighted by atomic mass is 16.5. The summed E-state index contributed by atoms with van der Waals surface area (Å²) in [6.07, 6.45) is 15.9. The maximum Gasteiger partial charge on any atom is 0.311 e. The van der Waals surface area contributed by atoms with Crippen molar-refractivity contribution in [3.8, 4) is 5.75 Å². The molecule has 0 aromatic heterocycles. The second-order valence-electron chi connectivity index (χ2n) is 8.08. The fourth-order valence-electron chi connectivity index (χ4n) is 3.41. The van der Waals surface area contributed by atoms with Crippen molar-refractivity contribution < 1.29 is 19.1 Å². The quantitative estimate of drug-likeness (QED) is 0.144. The van der Waals surface area contributed by atoms with Crippen molar-refractivity contribution in [1.29, 1.82) is 0 Å². The predicted molar refractivity (Wildman–Crippen MR) is 123 cm³/mol. The lowest BCUT2D eigenvalue weighted by Gasteiger charge is -2.07. The number of ether oxygens (including phenoxy) is 2. The average molecular weight is 419 g/mol. The van der Waals surface area contributed by atoms with Crippen LogP contribution in [0.4, 0.5) is 0 Å². The van der Waals surface area contributed by atoms with E-state index in [0.717, 1.165) is 24.8 Å². The fraction of sp³-hybridized carbons (Fsp3) is 0.692. The molecule has 0 bridgehead atoms. The van der Waals surface area contributed by atoms with E-state index in [9.17, 15) is 9.59 Å².